The summed E-state index contributed by atoms with van der Waals surface area (Å²) in [7, 11) is 0. The fourth-order valence-electron chi connectivity index (χ4n) is 3.70. The van der Waals surface area contributed by atoms with Gasteiger partial charge in [-0.2, -0.15) is 5.10 Å². The van der Waals surface area contributed by atoms with E-state index in [0.29, 0.717) is 6.54 Å². The van der Waals surface area contributed by atoms with Crippen molar-refractivity contribution in [3.05, 3.63) is 72.9 Å². The van der Waals surface area contributed by atoms with Crippen molar-refractivity contribution in [1.29, 1.82) is 0 Å². The first-order valence-electron chi connectivity index (χ1n) is 10.5. The lowest BCUT2D eigenvalue weighted by Gasteiger charge is -2.28. The molecule has 2 aromatic carbocycles. The summed E-state index contributed by atoms with van der Waals surface area (Å²) in [4.78, 5) is 17.4. The van der Waals surface area contributed by atoms with Gasteiger partial charge in [0, 0.05) is 21.9 Å². The molecule has 2 aliphatic rings. The number of para-hydroxylation sites is 1. The van der Waals surface area contributed by atoms with Crippen LogP contribution in [0.1, 0.15) is 18.5 Å². The zero-order chi connectivity index (χ0) is 21.5. The highest BCUT2D eigenvalue weighted by Crippen LogP contribution is 2.35. The van der Waals surface area contributed by atoms with Gasteiger partial charge in [-0.25, -0.2) is 4.98 Å². The summed E-state index contributed by atoms with van der Waals surface area (Å²) in [5.41, 5.74) is 6.31. The third-order valence-corrected chi connectivity index (χ3v) is 6.58. The van der Waals surface area contributed by atoms with Crippen molar-refractivity contribution in [2.45, 2.75) is 24.3 Å². The molecule has 8 nitrogen and oxygen atoms in total. The molecule has 1 amide bonds. The van der Waals surface area contributed by atoms with Crippen LogP contribution in [0.15, 0.2) is 72.2 Å². The fraction of sp³-hybridized carbons (Fsp3) is 0.174. The van der Waals surface area contributed by atoms with Gasteiger partial charge in [-0.15, -0.1) is 0 Å². The van der Waals surface area contributed by atoms with Crippen LogP contribution in [0.25, 0.3) is 15.9 Å². The van der Waals surface area contributed by atoms with Gasteiger partial charge in [0.05, 0.1) is 36.5 Å². The number of nitrogens with one attached hydrogen (secondary N) is 3. The smallest absolute Gasteiger partial charge is 0.227 e. The van der Waals surface area contributed by atoms with Crippen LogP contribution in [0.5, 0.6) is 0 Å². The third-order valence-electron chi connectivity index (χ3n) is 5.56. The molecule has 1 aliphatic heterocycles. The van der Waals surface area contributed by atoms with Gasteiger partial charge in [-0.1, -0.05) is 23.9 Å². The van der Waals surface area contributed by atoms with Crippen molar-refractivity contribution >= 4 is 45.1 Å². The number of benzene rings is 2. The number of thioether (sulfide) groups is 1. The van der Waals surface area contributed by atoms with Gasteiger partial charge >= 0.3 is 0 Å². The number of hydrogen-bond acceptors (Lipinski definition) is 6. The van der Waals surface area contributed by atoms with Crippen LogP contribution < -0.4 is 10.7 Å². The van der Waals surface area contributed by atoms with Crippen molar-refractivity contribution in [2.24, 2.45) is 5.92 Å². The molecule has 160 valence electrons. The topological polar surface area (TPSA) is 90.9 Å². The van der Waals surface area contributed by atoms with E-state index in [4.69, 9.17) is 0 Å². The van der Waals surface area contributed by atoms with Gasteiger partial charge < -0.3 is 5.32 Å². The highest BCUT2D eigenvalue weighted by atomic mass is 32.2. The summed E-state index contributed by atoms with van der Waals surface area (Å²) in [5, 5.41) is 14.5. The number of anilines is 2. The number of imidazole rings is 1. The molecule has 1 saturated carbocycles. The number of hydrogen-bond donors (Lipinski definition) is 3. The predicted octanol–water partition coefficient (Wildman–Crippen LogP) is 4.50. The number of carbonyl (C=O) groups excluding carboxylic acids is 1. The molecule has 0 radical (unpaired) electrons. The van der Waals surface area contributed by atoms with E-state index in [1.54, 1.807) is 11.8 Å². The Morgan fingerprint density at radius 1 is 1.12 bits per heavy atom. The zero-order valence-electron chi connectivity index (χ0n) is 17.2. The lowest BCUT2D eigenvalue weighted by molar-refractivity contribution is -0.117. The van der Waals surface area contributed by atoms with Gasteiger partial charge in [0.2, 0.25) is 5.91 Å². The summed E-state index contributed by atoms with van der Waals surface area (Å²) in [6.45, 7) is 0.664. The Labute approximate surface area is 188 Å². The average Bonchev–Trinajstić information content (AvgIpc) is 3.43. The van der Waals surface area contributed by atoms with Gasteiger partial charge in [0.25, 0.3) is 0 Å². The standard InChI is InChI=1S/C23H21N7OS/c31-23(15-5-6-15)25-16-7-9-18(10-8-16)32-21-13-29(12-17-11-24-14-30(17)21)28-22-19-3-1-2-4-20(19)26-27-22/h1-4,7-11,13-15H,5-6,12H2,(H,25,31)(H2,26,27,28). The number of aromatic amines is 1. The SMILES string of the molecule is O=C(Nc1ccc(SC2=CN(Nc3n[nH]c4ccccc34)Cc3cncn32)cc1)C1CC1. The van der Waals surface area contributed by atoms with E-state index in [0.717, 1.165) is 50.9 Å². The molecular weight excluding hydrogens is 422 g/mol. The number of rotatable bonds is 6. The van der Waals surface area contributed by atoms with E-state index in [-0.39, 0.29) is 11.8 Å². The van der Waals surface area contributed by atoms with E-state index >= 15 is 0 Å². The second-order valence-electron chi connectivity index (χ2n) is 7.97. The summed E-state index contributed by atoms with van der Waals surface area (Å²) in [6.07, 6.45) is 7.77. The Kier molecular flexibility index (Phi) is 4.61. The van der Waals surface area contributed by atoms with E-state index < -0.39 is 0 Å². The first-order valence-corrected chi connectivity index (χ1v) is 11.3. The normalized spacial score (nSPS) is 15.4. The van der Waals surface area contributed by atoms with Gasteiger partial charge in [0.1, 0.15) is 5.03 Å². The van der Waals surface area contributed by atoms with E-state index in [1.165, 1.54) is 0 Å². The highest BCUT2D eigenvalue weighted by molar-refractivity contribution is 8.08. The second-order valence-corrected chi connectivity index (χ2v) is 9.06. The van der Waals surface area contributed by atoms with Crippen molar-refractivity contribution < 1.29 is 4.79 Å². The lowest BCUT2D eigenvalue weighted by Crippen LogP contribution is -2.29. The van der Waals surface area contributed by atoms with Gasteiger partial charge in [-0.3, -0.25) is 24.9 Å². The molecule has 3 N–H and O–H groups in total. The van der Waals surface area contributed by atoms with E-state index in [1.807, 2.05) is 66.1 Å². The highest BCUT2D eigenvalue weighted by Gasteiger charge is 2.29. The van der Waals surface area contributed by atoms with Crippen LogP contribution in [0, 0.1) is 5.92 Å². The maximum atomic E-state index is 12.0. The maximum absolute atomic E-state index is 12.0. The number of carbonyl (C=O) groups is 1. The number of nitrogens with zero attached hydrogens (tertiary/aromatic N) is 4. The summed E-state index contributed by atoms with van der Waals surface area (Å²) in [6, 6.07) is 16.0. The minimum atomic E-state index is 0.121. The van der Waals surface area contributed by atoms with Gasteiger partial charge in [0.15, 0.2) is 5.82 Å². The number of H-pyrrole nitrogens is 1. The average molecular weight is 444 g/mol. The van der Waals surface area contributed by atoms with Crippen LogP contribution >= 0.6 is 11.8 Å². The monoisotopic (exact) mass is 443 g/mol. The minimum absolute atomic E-state index is 0.121. The molecular formula is C23H21N7OS. The molecule has 32 heavy (non-hydrogen) atoms. The van der Waals surface area contributed by atoms with Crippen molar-refractivity contribution in [3.8, 4) is 0 Å². The van der Waals surface area contributed by atoms with Crippen molar-refractivity contribution in [3.63, 3.8) is 0 Å². The minimum Gasteiger partial charge on any atom is -0.326 e. The second kappa shape index (κ2) is 7.76. The largest absolute Gasteiger partial charge is 0.326 e. The predicted molar refractivity (Wildman–Crippen MR) is 125 cm³/mol. The summed E-state index contributed by atoms with van der Waals surface area (Å²) < 4.78 is 2.09. The molecule has 4 aromatic rings. The molecule has 6 rings (SSSR count). The third kappa shape index (κ3) is 3.71. The number of fused-ring (bicyclic) bond motifs is 2. The van der Waals surface area contributed by atoms with Crippen LogP contribution in [-0.2, 0) is 11.3 Å². The fourth-order valence-corrected chi connectivity index (χ4v) is 4.66. The zero-order valence-corrected chi connectivity index (χ0v) is 18.0. The number of hydrazine groups is 1. The van der Waals surface area contributed by atoms with E-state index in [2.05, 4.69) is 36.7 Å². The molecule has 0 atom stereocenters. The molecule has 0 unspecified atom stereocenters. The maximum Gasteiger partial charge on any atom is 0.227 e. The van der Waals surface area contributed by atoms with E-state index in [9.17, 15) is 4.79 Å². The molecule has 3 heterocycles. The molecule has 0 bridgehead atoms. The van der Waals surface area contributed by atoms with Crippen LogP contribution in [0.2, 0.25) is 0 Å². The summed E-state index contributed by atoms with van der Waals surface area (Å²) >= 11 is 1.64. The molecule has 0 spiro atoms. The Morgan fingerprint density at radius 3 is 2.81 bits per heavy atom. The lowest BCUT2D eigenvalue weighted by atomic mass is 10.2. The molecule has 2 aromatic heterocycles. The van der Waals surface area contributed by atoms with Crippen LogP contribution in [-0.4, -0.2) is 30.7 Å². The first kappa shape index (κ1) is 19.0. The Hall–Kier alpha value is -3.72. The van der Waals surface area contributed by atoms with Gasteiger partial charge in [-0.05, 0) is 49.2 Å². The first-order chi connectivity index (χ1) is 15.7. The Bertz CT molecular complexity index is 1320. The van der Waals surface area contributed by atoms with Crippen LogP contribution in [0.4, 0.5) is 11.5 Å². The Morgan fingerprint density at radius 2 is 1.97 bits per heavy atom. The van der Waals surface area contributed by atoms with Crippen molar-refractivity contribution in [2.75, 3.05) is 10.7 Å². The molecule has 1 fully saturated rings. The number of aromatic nitrogens is 4. The van der Waals surface area contributed by atoms with Crippen molar-refractivity contribution in [1.82, 2.24) is 24.8 Å². The molecule has 0 saturated heterocycles. The Balaban J connectivity index is 1.22. The molecule has 1 aliphatic carbocycles. The summed E-state index contributed by atoms with van der Waals surface area (Å²) in [5.74, 6) is 1.10. The quantitative estimate of drug-likeness (QED) is 0.407. The molecule has 9 heteroatoms. The number of amides is 1. The van der Waals surface area contributed by atoms with Crippen LogP contribution in [0.3, 0.4) is 0 Å².